The molecule has 0 unspecified atom stereocenters. The van der Waals surface area contributed by atoms with Crippen LogP contribution in [0.1, 0.15) is 5.56 Å². The maximum Gasteiger partial charge on any atom is 0.142 e. The smallest absolute Gasteiger partial charge is 0.142 e. The second kappa shape index (κ2) is 5.37. The van der Waals surface area contributed by atoms with E-state index in [1.807, 2.05) is 19.1 Å². The van der Waals surface area contributed by atoms with Gasteiger partial charge in [0.1, 0.15) is 5.75 Å². The van der Waals surface area contributed by atoms with Crippen LogP contribution in [-0.2, 0) is 0 Å². The van der Waals surface area contributed by atoms with Crippen LogP contribution in [0.15, 0.2) is 12.1 Å². The Labute approximate surface area is 95.0 Å². The molecule has 0 aliphatic carbocycles. The molecule has 0 spiro atoms. The minimum absolute atomic E-state index is 0.743. The lowest BCUT2D eigenvalue weighted by Gasteiger charge is -2.12. The Bertz CT molecular complexity index is 317. The summed E-state index contributed by atoms with van der Waals surface area (Å²) in [6.07, 6.45) is 0. The third-order valence-corrected chi connectivity index (χ3v) is 2.54. The molecular formula is C10H14ClNOS. The average molecular weight is 232 g/mol. The Morgan fingerprint density at radius 2 is 2.21 bits per heavy atom. The number of hydrogen-bond donors (Lipinski definition) is 2. The highest BCUT2D eigenvalue weighted by molar-refractivity contribution is 7.80. The van der Waals surface area contributed by atoms with Crippen LogP contribution >= 0.6 is 24.2 Å². The van der Waals surface area contributed by atoms with Gasteiger partial charge in [0.25, 0.3) is 0 Å². The monoisotopic (exact) mass is 231 g/mol. The molecule has 0 radical (unpaired) electrons. The third kappa shape index (κ3) is 2.72. The standard InChI is InChI=1S/C10H14ClNOS/c1-7-5-10(13-2)9(6-8(7)11)12-3-4-14/h5-6,12,14H,3-4H2,1-2H3. The van der Waals surface area contributed by atoms with Crippen LogP contribution in [0.5, 0.6) is 5.75 Å². The summed E-state index contributed by atoms with van der Waals surface area (Å²) in [5, 5.41) is 3.94. The first kappa shape index (κ1) is 11.5. The molecule has 0 aliphatic heterocycles. The lowest BCUT2D eigenvalue weighted by atomic mass is 10.2. The summed E-state index contributed by atoms with van der Waals surface area (Å²) >= 11 is 10.1. The van der Waals surface area contributed by atoms with Crippen LogP contribution in [0.4, 0.5) is 5.69 Å². The van der Waals surface area contributed by atoms with Gasteiger partial charge in [0.05, 0.1) is 12.8 Å². The lowest BCUT2D eigenvalue weighted by molar-refractivity contribution is 0.416. The maximum absolute atomic E-state index is 6.01. The van der Waals surface area contributed by atoms with Gasteiger partial charge in [0.15, 0.2) is 0 Å². The molecule has 1 N–H and O–H groups in total. The van der Waals surface area contributed by atoms with E-state index in [1.54, 1.807) is 7.11 Å². The van der Waals surface area contributed by atoms with Gasteiger partial charge in [-0.2, -0.15) is 12.6 Å². The minimum atomic E-state index is 0.743. The molecule has 1 rings (SSSR count). The minimum Gasteiger partial charge on any atom is -0.495 e. The molecule has 0 fully saturated rings. The van der Waals surface area contributed by atoms with Gasteiger partial charge >= 0.3 is 0 Å². The summed E-state index contributed by atoms with van der Waals surface area (Å²) in [4.78, 5) is 0. The van der Waals surface area contributed by atoms with Gasteiger partial charge < -0.3 is 10.1 Å². The SMILES string of the molecule is COc1cc(C)c(Cl)cc1NCCS. The zero-order valence-corrected chi connectivity index (χ0v) is 9.95. The molecule has 0 saturated carbocycles. The summed E-state index contributed by atoms with van der Waals surface area (Å²) in [5.41, 5.74) is 1.93. The van der Waals surface area contributed by atoms with Crippen LogP contribution in [0.2, 0.25) is 5.02 Å². The van der Waals surface area contributed by atoms with Gasteiger partial charge in [-0.1, -0.05) is 11.6 Å². The molecule has 0 heterocycles. The molecule has 14 heavy (non-hydrogen) atoms. The summed E-state index contributed by atoms with van der Waals surface area (Å²) < 4.78 is 5.23. The fraction of sp³-hybridized carbons (Fsp3) is 0.400. The van der Waals surface area contributed by atoms with Crippen molar-refractivity contribution in [3.05, 3.63) is 22.7 Å². The Morgan fingerprint density at radius 1 is 1.50 bits per heavy atom. The van der Waals surface area contributed by atoms with Crippen molar-refractivity contribution in [2.45, 2.75) is 6.92 Å². The van der Waals surface area contributed by atoms with Crippen molar-refractivity contribution in [3.8, 4) is 5.75 Å². The second-order valence-electron chi connectivity index (χ2n) is 2.95. The van der Waals surface area contributed by atoms with E-state index in [4.69, 9.17) is 16.3 Å². The number of benzene rings is 1. The van der Waals surface area contributed by atoms with Crippen molar-refractivity contribution in [1.29, 1.82) is 0 Å². The quantitative estimate of drug-likeness (QED) is 0.778. The van der Waals surface area contributed by atoms with E-state index in [9.17, 15) is 0 Å². The molecule has 0 aromatic heterocycles. The Kier molecular flexibility index (Phi) is 4.42. The summed E-state index contributed by atoms with van der Waals surface area (Å²) in [6, 6.07) is 3.79. The van der Waals surface area contributed by atoms with E-state index < -0.39 is 0 Å². The van der Waals surface area contributed by atoms with E-state index in [0.29, 0.717) is 0 Å². The average Bonchev–Trinajstić information content (AvgIpc) is 2.19. The summed E-state index contributed by atoms with van der Waals surface area (Å²) in [5.74, 6) is 1.59. The predicted octanol–water partition coefficient (Wildman–Crippen LogP) is 3.00. The van der Waals surface area contributed by atoms with Crippen molar-refractivity contribution in [1.82, 2.24) is 0 Å². The second-order valence-corrected chi connectivity index (χ2v) is 3.81. The van der Waals surface area contributed by atoms with E-state index in [-0.39, 0.29) is 0 Å². The molecule has 1 aromatic rings. The van der Waals surface area contributed by atoms with Crippen molar-refractivity contribution >= 4 is 29.9 Å². The number of halogens is 1. The molecule has 0 bridgehead atoms. The fourth-order valence-corrected chi connectivity index (χ4v) is 1.43. The molecule has 0 aliphatic rings. The van der Waals surface area contributed by atoms with Gasteiger partial charge in [0, 0.05) is 17.3 Å². The highest BCUT2D eigenvalue weighted by Crippen LogP contribution is 2.30. The summed E-state index contributed by atoms with van der Waals surface area (Å²) in [6.45, 7) is 2.74. The molecule has 0 amide bonds. The molecule has 0 atom stereocenters. The zero-order chi connectivity index (χ0) is 10.6. The first-order chi connectivity index (χ1) is 6.69. The number of anilines is 1. The maximum atomic E-state index is 6.01. The van der Waals surface area contributed by atoms with Gasteiger partial charge in [-0.3, -0.25) is 0 Å². The zero-order valence-electron chi connectivity index (χ0n) is 8.30. The van der Waals surface area contributed by atoms with Crippen molar-refractivity contribution < 1.29 is 4.74 Å². The van der Waals surface area contributed by atoms with E-state index in [0.717, 1.165) is 34.3 Å². The van der Waals surface area contributed by atoms with Gasteiger partial charge in [0.2, 0.25) is 0 Å². The first-order valence-electron chi connectivity index (χ1n) is 4.38. The molecule has 78 valence electrons. The number of hydrogen-bond acceptors (Lipinski definition) is 3. The molecule has 2 nitrogen and oxygen atoms in total. The lowest BCUT2D eigenvalue weighted by Crippen LogP contribution is -2.04. The number of thiol groups is 1. The number of ether oxygens (including phenoxy) is 1. The van der Waals surface area contributed by atoms with Crippen LogP contribution in [0.3, 0.4) is 0 Å². The van der Waals surface area contributed by atoms with E-state index in [1.165, 1.54) is 0 Å². The highest BCUT2D eigenvalue weighted by Gasteiger charge is 2.05. The largest absolute Gasteiger partial charge is 0.495 e. The van der Waals surface area contributed by atoms with Crippen LogP contribution in [0, 0.1) is 6.92 Å². The Hall–Kier alpha value is -0.540. The molecule has 4 heteroatoms. The first-order valence-corrected chi connectivity index (χ1v) is 5.39. The predicted molar refractivity (Wildman–Crippen MR) is 65.1 cm³/mol. The van der Waals surface area contributed by atoms with Gasteiger partial charge in [-0.25, -0.2) is 0 Å². The highest BCUT2D eigenvalue weighted by atomic mass is 35.5. The molecule has 1 aromatic carbocycles. The van der Waals surface area contributed by atoms with Crippen molar-refractivity contribution in [2.24, 2.45) is 0 Å². The van der Waals surface area contributed by atoms with Crippen molar-refractivity contribution in [3.63, 3.8) is 0 Å². The van der Waals surface area contributed by atoms with E-state index >= 15 is 0 Å². The van der Waals surface area contributed by atoms with Crippen molar-refractivity contribution in [2.75, 3.05) is 24.7 Å². The van der Waals surface area contributed by atoms with E-state index in [2.05, 4.69) is 17.9 Å². The number of aryl methyl sites for hydroxylation is 1. The van der Waals surface area contributed by atoms with Crippen LogP contribution < -0.4 is 10.1 Å². The number of methoxy groups -OCH3 is 1. The fourth-order valence-electron chi connectivity index (χ4n) is 1.15. The molecular weight excluding hydrogens is 218 g/mol. The topological polar surface area (TPSA) is 21.3 Å². The summed E-state index contributed by atoms with van der Waals surface area (Å²) in [7, 11) is 1.65. The third-order valence-electron chi connectivity index (χ3n) is 1.91. The Balaban J connectivity index is 2.95. The van der Waals surface area contributed by atoms with Crippen LogP contribution in [0.25, 0.3) is 0 Å². The van der Waals surface area contributed by atoms with Gasteiger partial charge in [-0.05, 0) is 24.6 Å². The Morgan fingerprint density at radius 3 is 2.79 bits per heavy atom. The number of nitrogens with one attached hydrogen (secondary N) is 1. The van der Waals surface area contributed by atoms with Gasteiger partial charge in [-0.15, -0.1) is 0 Å². The number of rotatable bonds is 4. The molecule has 0 saturated heterocycles. The van der Waals surface area contributed by atoms with Crippen LogP contribution in [-0.4, -0.2) is 19.4 Å². The normalized spacial score (nSPS) is 10.0.